The maximum atomic E-state index is 5.73. The molecule has 2 rings (SSSR count). The van der Waals surface area contributed by atoms with Gasteiger partial charge < -0.3 is 25.0 Å². The van der Waals surface area contributed by atoms with Gasteiger partial charge in [-0.05, 0) is 37.5 Å². The van der Waals surface area contributed by atoms with Gasteiger partial charge in [0.25, 0.3) is 0 Å². The standard InChI is InChI=1S/C19H33N5O2.HI/c1-4-20-19(22-8-5-10-25-14-17-7-11-26-15-17)23-13-16-6-9-21-18(12-16)24(2)3;/h6,9,12,17H,4-5,7-8,10-11,13-15H2,1-3H3,(H2,20,22,23);1H. The lowest BCUT2D eigenvalue weighted by molar-refractivity contribution is 0.0888. The van der Waals surface area contributed by atoms with Crippen LogP contribution in [0.5, 0.6) is 0 Å². The zero-order valence-electron chi connectivity index (χ0n) is 16.7. The van der Waals surface area contributed by atoms with Crippen molar-refractivity contribution < 1.29 is 9.47 Å². The number of aliphatic imine (C=N–C) groups is 1. The highest BCUT2D eigenvalue weighted by atomic mass is 127. The summed E-state index contributed by atoms with van der Waals surface area (Å²) in [6, 6.07) is 4.06. The minimum absolute atomic E-state index is 0. The fourth-order valence-corrected chi connectivity index (χ4v) is 2.66. The molecule has 0 amide bonds. The first kappa shape index (κ1) is 23.9. The van der Waals surface area contributed by atoms with Crippen LogP contribution in [0.15, 0.2) is 23.3 Å². The zero-order chi connectivity index (χ0) is 18.6. The molecule has 1 aromatic heterocycles. The van der Waals surface area contributed by atoms with Crippen LogP contribution in [0.1, 0.15) is 25.3 Å². The Hall–Kier alpha value is -1.13. The molecule has 1 saturated heterocycles. The van der Waals surface area contributed by atoms with Gasteiger partial charge >= 0.3 is 0 Å². The quantitative estimate of drug-likeness (QED) is 0.227. The van der Waals surface area contributed by atoms with E-state index in [1.807, 2.05) is 31.3 Å². The Morgan fingerprint density at radius 1 is 1.41 bits per heavy atom. The molecule has 8 heteroatoms. The summed E-state index contributed by atoms with van der Waals surface area (Å²) in [5, 5.41) is 6.65. The number of hydrogen-bond donors (Lipinski definition) is 2. The van der Waals surface area contributed by atoms with E-state index in [1.54, 1.807) is 0 Å². The van der Waals surface area contributed by atoms with Gasteiger partial charge in [0.2, 0.25) is 0 Å². The van der Waals surface area contributed by atoms with Crippen molar-refractivity contribution in [1.82, 2.24) is 15.6 Å². The fraction of sp³-hybridized carbons (Fsp3) is 0.684. The van der Waals surface area contributed by atoms with Crippen LogP contribution in [-0.4, -0.2) is 64.6 Å². The van der Waals surface area contributed by atoms with Crippen LogP contribution < -0.4 is 15.5 Å². The van der Waals surface area contributed by atoms with Crippen LogP contribution in [0, 0.1) is 5.92 Å². The summed E-state index contributed by atoms with van der Waals surface area (Å²) in [5.74, 6) is 2.36. The molecular formula is C19H34IN5O2. The van der Waals surface area contributed by atoms with E-state index in [2.05, 4.69) is 33.6 Å². The molecule has 1 atom stereocenters. The van der Waals surface area contributed by atoms with Crippen molar-refractivity contribution in [3.05, 3.63) is 23.9 Å². The number of guanidine groups is 1. The molecule has 0 aromatic carbocycles. The molecule has 1 unspecified atom stereocenters. The molecular weight excluding hydrogens is 457 g/mol. The Kier molecular flexibility index (Phi) is 12.4. The lowest BCUT2D eigenvalue weighted by Gasteiger charge is -2.13. The smallest absolute Gasteiger partial charge is 0.191 e. The van der Waals surface area contributed by atoms with Crippen molar-refractivity contribution in [2.75, 3.05) is 58.5 Å². The summed E-state index contributed by atoms with van der Waals surface area (Å²) in [5.41, 5.74) is 1.14. The Bertz CT molecular complexity index is 551. The summed E-state index contributed by atoms with van der Waals surface area (Å²) in [6.07, 6.45) is 3.91. The van der Waals surface area contributed by atoms with E-state index < -0.39 is 0 Å². The van der Waals surface area contributed by atoms with E-state index in [0.29, 0.717) is 12.5 Å². The summed E-state index contributed by atoms with van der Waals surface area (Å²) in [7, 11) is 3.98. The van der Waals surface area contributed by atoms with Crippen LogP contribution in [-0.2, 0) is 16.0 Å². The van der Waals surface area contributed by atoms with Crippen molar-refractivity contribution in [2.24, 2.45) is 10.9 Å². The highest BCUT2D eigenvalue weighted by molar-refractivity contribution is 14.0. The van der Waals surface area contributed by atoms with E-state index in [-0.39, 0.29) is 24.0 Å². The second-order valence-electron chi connectivity index (χ2n) is 6.70. The monoisotopic (exact) mass is 491 g/mol. The molecule has 2 heterocycles. The molecule has 7 nitrogen and oxygen atoms in total. The fourth-order valence-electron chi connectivity index (χ4n) is 2.66. The number of pyridine rings is 1. The van der Waals surface area contributed by atoms with Crippen molar-refractivity contribution >= 4 is 35.8 Å². The Labute approximate surface area is 180 Å². The van der Waals surface area contributed by atoms with E-state index in [1.165, 1.54) is 0 Å². The summed E-state index contributed by atoms with van der Waals surface area (Å²) in [4.78, 5) is 11.0. The average Bonchev–Trinajstić information content (AvgIpc) is 3.16. The van der Waals surface area contributed by atoms with E-state index >= 15 is 0 Å². The van der Waals surface area contributed by atoms with Crippen molar-refractivity contribution in [3.63, 3.8) is 0 Å². The van der Waals surface area contributed by atoms with E-state index in [0.717, 1.165) is 69.7 Å². The number of ether oxygens (including phenoxy) is 2. The summed E-state index contributed by atoms with van der Waals surface area (Å²) >= 11 is 0. The van der Waals surface area contributed by atoms with Gasteiger partial charge in [0.15, 0.2) is 5.96 Å². The minimum Gasteiger partial charge on any atom is -0.381 e. The van der Waals surface area contributed by atoms with Gasteiger partial charge in [-0.15, -0.1) is 24.0 Å². The predicted molar refractivity (Wildman–Crippen MR) is 121 cm³/mol. The Balaban J connectivity index is 0.00000364. The molecule has 27 heavy (non-hydrogen) atoms. The number of nitrogens with one attached hydrogen (secondary N) is 2. The highest BCUT2D eigenvalue weighted by Crippen LogP contribution is 2.12. The largest absolute Gasteiger partial charge is 0.381 e. The van der Waals surface area contributed by atoms with Gasteiger partial charge in [-0.2, -0.15) is 0 Å². The first-order valence-corrected chi connectivity index (χ1v) is 9.49. The number of halogens is 1. The molecule has 0 saturated carbocycles. The second kappa shape index (κ2) is 14.0. The van der Waals surface area contributed by atoms with Crippen LogP contribution in [0.2, 0.25) is 0 Å². The second-order valence-corrected chi connectivity index (χ2v) is 6.70. The molecule has 0 bridgehead atoms. The lowest BCUT2D eigenvalue weighted by Crippen LogP contribution is -2.38. The SMILES string of the molecule is CCNC(=NCc1ccnc(N(C)C)c1)NCCCOCC1CCOC1.I. The topological polar surface area (TPSA) is 71.0 Å². The van der Waals surface area contributed by atoms with Gasteiger partial charge in [-0.1, -0.05) is 0 Å². The average molecular weight is 491 g/mol. The minimum atomic E-state index is 0. The van der Waals surface area contributed by atoms with Gasteiger partial charge in [0.1, 0.15) is 5.82 Å². The number of aromatic nitrogens is 1. The van der Waals surface area contributed by atoms with Crippen molar-refractivity contribution in [1.29, 1.82) is 0 Å². The molecule has 1 aliphatic heterocycles. The Morgan fingerprint density at radius 2 is 2.26 bits per heavy atom. The normalized spacial score (nSPS) is 16.7. The van der Waals surface area contributed by atoms with Crippen LogP contribution >= 0.6 is 24.0 Å². The highest BCUT2D eigenvalue weighted by Gasteiger charge is 2.15. The lowest BCUT2D eigenvalue weighted by atomic mass is 10.1. The molecule has 1 aromatic rings. The molecule has 1 aliphatic rings. The maximum Gasteiger partial charge on any atom is 0.191 e. The third-order valence-corrected chi connectivity index (χ3v) is 4.17. The third kappa shape index (κ3) is 9.57. The number of hydrogen-bond acceptors (Lipinski definition) is 5. The van der Waals surface area contributed by atoms with Gasteiger partial charge in [0, 0.05) is 52.5 Å². The van der Waals surface area contributed by atoms with Crippen LogP contribution in [0.4, 0.5) is 5.82 Å². The van der Waals surface area contributed by atoms with Gasteiger partial charge in [-0.3, -0.25) is 0 Å². The van der Waals surface area contributed by atoms with Crippen molar-refractivity contribution in [2.45, 2.75) is 26.3 Å². The van der Waals surface area contributed by atoms with Gasteiger partial charge in [-0.25, -0.2) is 9.98 Å². The molecule has 2 N–H and O–H groups in total. The van der Waals surface area contributed by atoms with E-state index in [9.17, 15) is 0 Å². The van der Waals surface area contributed by atoms with Crippen LogP contribution in [0.25, 0.3) is 0 Å². The molecule has 1 fully saturated rings. The Morgan fingerprint density at radius 3 is 2.96 bits per heavy atom. The third-order valence-electron chi connectivity index (χ3n) is 4.17. The summed E-state index contributed by atoms with van der Waals surface area (Å²) < 4.78 is 11.1. The van der Waals surface area contributed by atoms with Gasteiger partial charge in [0.05, 0.1) is 19.8 Å². The molecule has 0 spiro atoms. The van der Waals surface area contributed by atoms with E-state index in [4.69, 9.17) is 9.47 Å². The predicted octanol–water partition coefficient (Wildman–Crippen LogP) is 2.26. The number of rotatable bonds is 10. The van der Waals surface area contributed by atoms with Crippen LogP contribution in [0.3, 0.4) is 0 Å². The first-order chi connectivity index (χ1) is 12.7. The number of nitrogens with zero attached hydrogens (tertiary/aromatic N) is 3. The van der Waals surface area contributed by atoms with Crippen molar-refractivity contribution in [3.8, 4) is 0 Å². The zero-order valence-corrected chi connectivity index (χ0v) is 19.1. The summed E-state index contributed by atoms with van der Waals surface area (Å²) in [6.45, 7) is 7.67. The molecule has 154 valence electrons. The molecule has 0 aliphatic carbocycles. The number of anilines is 1. The molecule has 0 radical (unpaired) electrons. The first-order valence-electron chi connectivity index (χ1n) is 9.49. The maximum absolute atomic E-state index is 5.73.